The molecule has 21 heteroatoms. The van der Waals surface area contributed by atoms with E-state index < -0.39 is 23.5 Å². The third-order valence-electron chi connectivity index (χ3n) is 10.8. The van der Waals surface area contributed by atoms with Crippen LogP contribution in [0.4, 0.5) is 4.79 Å². The first-order valence-electron chi connectivity index (χ1n) is 22.3. The second-order valence-electron chi connectivity index (χ2n) is 17.2. The number of nitrogens with one attached hydrogen (secondary N) is 2. The molecule has 68 heavy (non-hydrogen) atoms. The molecule has 4 heterocycles. The molecule has 0 unspecified atom stereocenters. The third-order valence-corrected chi connectivity index (χ3v) is 11.3. The molecule has 2 aromatic rings. The summed E-state index contributed by atoms with van der Waals surface area (Å²) in [7, 11) is 7.97. The van der Waals surface area contributed by atoms with Gasteiger partial charge in [-0.1, -0.05) is 47.5 Å². The third kappa shape index (κ3) is 30.5. The Kier molecular flexibility index (Phi) is 37.5. The van der Waals surface area contributed by atoms with E-state index in [0.29, 0.717) is 50.2 Å². The number of nitrogens with zero attached hydrogens (tertiary/aromatic N) is 2. The van der Waals surface area contributed by atoms with Crippen molar-refractivity contribution in [2.24, 2.45) is 0 Å². The van der Waals surface area contributed by atoms with E-state index in [0.717, 1.165) is 88.1 Å². The van der Waals surface area contributed by atoms with Gasteiger partial charge in [-0.05, 0) is 127 Å². The number of hydrogen-bond donors (Lipinski definition) is 2. The number of piperidine rings is 4. The van der Waals surface area contributed by atoms with Crippen molar-refractivity contribution in [1.82, 2.24) is 20.4 Å². The van der Waals surface area contributed by atoms with Crippen LogP contribution >= 0.6 is 48.0 Å². The molecule has 2 aromatic carbocycles. The molecule has 4 aliphatic rings. The molecule has 4 fully saturated rings. The number of amides is 1. The van der Waals surface area contributed by atoms with Gasteiger partial charge in [-0.25, -0.2) is 24.2 Å². The van der Waals surface area contributed by atoms with E-state index in [9.17, 15) is 24.0 Å². The molecule has 4 atom stereocenters. The van der Waals surface area contributed by atoms with Crippen LogP contribution in [-0.2, 0) is 60.7 Å². The summed E-state index contributed by atoms with van der Waals surface area (Å²) in [6, 6.07) is 18.3. The van der Waals surface area contributed by atoms with Gasteiger partial charge in [-0.3, -0.25) is 14.5 Å². The van der Waals surface area contributed by atoms with Crippen LogP contribution in [-0.4, -0.2) is 137 Å². The van der Waals surface area contributed by atoms with E-state index in [2.05, 4.69) is 62.3 Å². The minimum Gasteiger partial charge on any atom is -0.793 e. The number of halogens is 4. The molecule has 4 aliphatic heterocycles. The van der Waals surface area contributed by atoms with Gasteiger partial charge in [-0.2, -0.15) is 0 Å². The van der Waals surface area contributed by atoms with Crippen LogP contribution in [0.25, 0.3) is 0 Å². The molecule has 0 aromatic heterocycles. The van der Waals surface area contributed by atoms with Crippen molar-refractivity contribution >= 4 is 85.8 Å². The van der Waals surface area contributed by atoms with Crippen LogP contribution in [0.2, 0.25) is 10.0 Å². The molecule has 4 saturated heterocycles. The molecular formula is C47H73BCl4N4NaO11. The molecule has 15 nitrogen and oxygen atoms in total. The number of carbonyl (C=O) groups excluding carboxylic acids is 5. The summed E-state index contributed by atoms with van der Waals surface area (Å²) >= 11 is 11.9. The number of rotatable bonds is 7. The Balaban J connectivity index is 0. The normalized spacial score (nSPS) is 20.2. The Morgan fingerprint density at radius 1 is 0.706 bits per heavy atom. The van der Waals surface area contributed by atoms with Crippen molar-refractivity contribution in [3.63, 3.8) is 0 Å². The molecule has 2 N–H and O–H groups in total. The number of benzene rings is 2. The molecule has 6 rings (SSSR count). The average molecular weight is 1050 g/mol. The van der Waals surface area contributed by atoms with Crippen LogP contribution in [0.15, 0.2) is 48.5 Å². The van der Waals surface area contributed by atoms with Crippen LogP contribution in [0.5, 0.6) is 0 Å². The molecule has 0 bridgehead atoms. The summed E-state index contributed by atoms with van der Waals surface area (Å²) in [5.41, 5.74) is 2.25. The second-order valence-corrected chi connectivity index (χ2v) is 18.1. The Hall–Kier alpha value is -2.19. The fourth-order valence-electron chi connectivity index (χ4n) is 7.58. The summed E-state index contributed by atoms with van der Waals surface area (Å²) in [4.78, 5) is 63.6. The Morgan fingerprint density at radius 3 is 1.62 bits per heavy atom. The van der Waals surface area contributed by atoms with Gasteiger partial charge in [0.1, 0.15) is 11.4 Å². The number of Topliss-reactive ketones (excluding diaryl/α,β-unsaturated/α-hetero) is 1. The average Bonchev–Trinajstić information content (AvgIpc) is 3.28. The minimum absolute atomic E-state index is 0. The van der Waals surface area contributed by atoms with Crippen LogP contribution in [0.1, 0.15) is 104 Å². The fourth-order valence-corrected chi connectivity index (χ4v) is 7.83. The van der Waals surface area contributed by atoms with Crippen molar-refractivity contribution in [3.8, 4) is 0 Å². The maximum absolute atomic E-state index is 11.5. The van der Waals surface area contributed by atoms with Crippen molar-refractivity contribution in [2.45, 2.75) is 142 Å². The summed E-state index contributed by atoms with van der Waals surface area (Å²) in [5.74, 6) is -1.52. The van der Waals surface area contributed by atoms with Gasteiger partial charge < -0.3 is 42.4 Å². The van der Waals surface area contributed by atoms with Crippen molar-refractivity contribution in [2.75, 3.05) is 53.5 Å². The molecule has 0 saturated carbocycles. The number of hydrogen-bond acceptors (Lipinski definition) is 14. The molecule has 0 spiro atoms. The minimum atomic E-state index is -0.639. The van der Waals surface area contributed by atoms with E-state index in [1.165, 1.54) is 37.4 Å². The smallest absolute Gasteiger partial charge is 0.793 e. The second kappa shape index (κ2) is 37.6. The molecule has 3 radical (unpaired) electrons. The summed E-state index contributed by atoms with van der Waals surface area (Å²) in [5, 5.41) is 8.63. The summed E-state index contributed by atoms with van der Waals surface area (Å²) < 4.78 is 19.9. The Morgan fingerprint density at radius 2 is 1.18 bits per heavy atom. The first-order chi connectivity index (χ1) is 30.8. The van der Waals surface area contributed by atoms with E-state index in [-0.39, 0.29) is 66.2 Å². The first-order valence-corrected chi connectivity index (χ1v) is 23.0. The largest absolute Gasteiger partial charge is 1.00 e. The van der Waals surface area contributed by atoms with E-state index in [1.54, 1.807) is 12.0 Å². The summed E-state index contributed by atoms with van der Waals surface area (Å²) in [6.45, 7) is 14.5. The van der Waals surface area contributed by atoms with Crippen molar-refractivity contribution in [3.05, 3.63) is 69.7 Å². The maximum Gasteiger partial charge on any atom is 1.00 e. The van der Waals surface area contributed by atoms with Gasteiger partial charge in [0.15, 0.2) is 0 Å². The van der Waals surface area contributed by atoms with Gasteiger partial charge in [0.05, 0.1) is 12.2 Å². The van der Waals surface area contributed by atoms with E-state index >= 15 is 0 Å². The topological polar surface area (TPSA) is 171 Å². The predicted molar refractivity (Wildman–Crippen MR) is 266 cm³/mol. The fraction of sp³-hybridized carbons (Fsp3) is 0.638. The number of carbonyl (C=O) groups is 5. The zero-order valence-electron chi connectivity index (χ0n) is 41.4. The van der Waals surface area contributed by atoms with Crippen LogP contribution in [0.3, 0.4) is 0 Å². The van der Waals surface area contributed by atoms with Gasteiger partial charge >= 0.3 is 47.6 Å². The number of ether oxygens (including phenoxy) is 3. The Bertz CT molecular complexity index is 1710. The standard InChI is InChI=1S/C18H27ClN2O.C13H18ClNO.C10H17NO3.C4H6O4.C2H3BO2.2ClH.Na/c1-22-18-8-11-21(16-6-9-20-10-7-16)17(13-18)12-14-2-4-15(19)5-3-14;1-16-13-6-7-15-12(9-13)8-10-2-4-11(14)5-3-10;1-10(2,3)14-9(13)11-6-4-8(12)5-7-11;1-3(5)7-8-4(2)6;1-2(4)5-3;;;/h2-5,16-18,20H,6-13H2,1H3;2-5,12-13,15H,6-9H2,1H3;4-7H2,1-3H3;1-2H3;1H3;2*1H;/q;;;;-1;;;+1/t17-,18+;12-,13+;;;;;;/m00....../s1. The molecule has 379 valence electrons. The maximum atomic E-state index is 11.5. The predicted octanol–water partition coefficient (Wildman–Crippen LogP) is 4.86. The van der Waals surface area contributed by atoms with Crippen molar-refractivity contribution in [1.29, 1.82) is 0 Å². The van der Waals surface area contributed by atoms with Crippen LogP contribution < -0.4 is 40.2 Å². The van der Waals surface area contributed by atoms with E-state index in [4.69, 9.17) is 37.4 Å². The number of likely N-dealkylation sites (tertiary alicyclic amines) is 2. The molecule has 0 aliphatic carbocycles. The number of methoxy groups -OCH3 is 2. The van der Waals surface area contributed by atoms with E-state index in [1.807, 2.05) is 52.1 Å². The van der Waals surface area contributed by atoms with Gasteiger partial charge in [-0.15, -0.1) is 24.8 Å². The quantitative estimate of drug-likeness (QED) is 0.219. The SMILES string of the molecule is CC(=O)OOC(C)=O.CC(C)(C)OC(=O)N1CCC(=O)CC1.CO[C@@H]1CCN(C2CCNCC2)[C@@H](Cc2ccc(Cl)cc2)C1.CO[C@@H]1CCN[C@@H](Cc2ccc(Cl)cc2)C1.Cl.Cl.[B-]OC(C)=O.[Na+]. The van der Waals surface area contributed by atoms with Gasteiger partial charge in [0, 0.05) is 95.6 Å². The molecular weight excluding hydrogens is 972 g/mol. The Labute approximate surface area is 450 Å². The monoisotopic (exact) mass is 1040 g/mol. The van der Waals surface area contributed by atoms with Crippen molar-refractivity contribution < 1.29 is 82.2 Å². The zero-order valence-corrected chi connectivity index (χ0v) is 46.5. The van der Waals surface area contributed by atoms with Gasteiger partial charge in [0.25, 0.3) is 0 Å². The van der Waals surface area contributed by atoms with Gasteiger partial charge in [0.2, 0.25) is 5.97 Å². The number of ketones is 1. The first kappa shape index (κ1) is 67.9. The summed E-state index contributed by atoms with van der Waals surface area (Å²) in [6.07, 6.45) is 10.6. The van der Waals surface area contributed by atoms with Crippen LogP contribution in [0, 0.1) is 0 Å². The molecule has 1 amide bonds. The zero-order chi connectivity index (χ0) is 48.4.